The van der Waals surface area contributed by atoms with Crippen LogP contribution in [0.25, 0.3) is 0 Å². The fourth-order valence-corrected chi connectivity index (χ4v) is 5.66. The first-order valence-electron chi connectivity index (χ1n) is 13.2. The highest BCUT2D eigenvalue weighted by molar-refractivity contribution is 5.94. The Kier molecular flexibility index (Phi) is 8.35. The molecule has 38 heavy (non-hydrogen) atoms. The van der Waals surface area contributed by atoms with Gasteiger partial charge in [-0.3, -0.25) is 9.59 Å². The maximum atomic E-state index is 13.9. The molecule has 1 atom stereocenters. The van der Waals surface area contributed by atoms with Crippen LogP contribution in [0.15, 0.2) is 54.6 Å². The Morgan fingerprint density at radius 1 is 0.868 bits per heavy atom. The molecule has 0 unspecified atom stereocenters. The molecule has 0 spiro atoms. The second kappa shape index (κ2) is 11.4. The number of carbonyl (C=O) groups excluding carboxylic acids is 2. The minimum absolute atomic E-state index is 0.0221. The lowest BCUT2D eigenvalue weighted by Gasteiger charge is -2.40. The molecule has 2 fully saturated rings. The van der Waals surface area contributed by atoms with Crippen LogP contribution >= 0.6 is 0 Å². The van der Waals surface area contributed by atoms with E-state index >= 15 is 0 Å². The third-order valence-electron chi connectivity index (χ3n) is 7.98. The van der Waals surface area contributed by atoms with E-state index in [1.807, 2.05) is 24.3 Å². The van der Waals surface area contributed by atoms with Crippen LogP contribution in [-0.2, 0) is 10.4 Å². The van der Waals surface area contributed by atoms with Crippen LogP contribution in [0.4, 0.5) is 18.9 Å². The predicted octanol–water partition coefficient (Wildman–Crippen LogP) is 4.68. The van der Waals surface area contributed by atoms with Crippen molar-refractivity contribution in [3.05, 3.63) is 65.7 Å². The molecular formula is C29H36F3N3O3. The van der Waals surface area contributed by atoms with Gasteiger partial charge in [-0.15, -0.1) is 0 Å². The molecule has 1 N–H and O–H groups in total. The zero-order chi connectivity index (χ0) is 27.5. The average molecular weight is 532 g/mol. The van der Waals surface area contributed by atoms with E-state index in [1.54, 1.807) is 25.1 Å². The molecule has 2 aromatic rings. The molecule has 2 heterocycles. The number of amides is 2. The van der Waals surface area contributed by atoms with Gasteiger partial charge in [0.1, 0.15) is 0 Å². The number of carbonyl (C=O) groups is 2. The summed E-state index contributed by atoms with van der Waals surface area (Å²) in [7, 11) is 3.46. The second-order valence-corrected chi connectivity index (χ2v) is 10.7. The van der Waals surface area contributed by atoms with E-state index in [0.29, 0.717) is 30.2 Å². The molecule has 4 rings (SSSR count). The summed E-state index contributed by atoms with van der Waals surface area (Å²) in [6.07, 6.45) is -0.794. The number of rotatable bonds is 6. The Morgan fingerprint density at radius 3 is 1.89 bits per heavy atom. The van der Waals surface area contributed by atoms with Crippen molar-refractivity contribution in [1.82, 2.24) is 9.80 Å². The highest BCUT2D eigenvalue weighted by atomic mass is 19.4. The Labute approximate surface area is 222 Å². The van der Waals surface area contributed by atoms with Crippen LogP contribution in [0.5, 0.6) is 0 Å². The number of hydrogen-bond donors (Lipinski definition) is 1. The van der Waals surface area contributed by atoms with Crippen LogP contribution in [0, 0.1) is 11.8 Å². The zero-order valence-corrected chi connectivity index (χ0v) is 22.0. The quantitative estimate of drug-likeness (QED) is 0.588. The largest absolute Gasteiger partial charge is 0.430 e. The topological polar surface area (TPSA) is 64.1 Å². The second-order valence-electron chi connectivity index (χ2n) is 10.7. The van der Waals surface area contributed by atoms with Gasteiger partial charge in [0.15, 0.2) is 0 Å². The molecule has 2 aromatic carbocycles. The van der Waals surface area contributed by atoms with Crippen LogP contribution in [0.2, 0.25) is 0 Å². The van der Waals surface area contributed by atoms with Crippen molar-refractivity contribution in [2.24, 2.45) is 11.8 Å². The first kappa shape index (κ1) is 28.0. The average Bonchev–Trinajstić information content (AvgIpc) is 2.92. The number of halogens is 3. The zero-order valence-electron chi connectivity index (χ0n) is 22.0. The van der Waals surface area contributed by atoms with Crippen molar-refractivity contribution in [1.29, 1.82) is 0 Å². The fraction of sp³-hybridized carbons (Fsp3) is 0.517. The number of benzene rings is 2. The standard InChI is InChI=1S/C29H36F3N3O3/c1-33(2)26(36)23-8-10-25(11-9-23)34-16-12-21(13-17-34)20-22-14-18-35(19-15-22)27(37)28(38,29(30,31)32)24-6-4-3-5-7-24/h3-11,21-22,38H,12-20H2,1-2H3/t28-/m0/s1. The predicted molar refractivity (Wildman–Crippen MR) is 140 cm³/mol. The van der Waals surface area contributed by atoms with E-state index in [4.69, 9.17) is 0 Å². The third-order valence-corrected chi connectivity index (χ3v) is 7.98. The molecule has 206 valence electrons. The summed E-state index contributed by atoms with van der Waals surface area (Å²) in [5.41, 5.74) is -2.23. The lowest BCUT2D eigenvalue weighted by Crippen LogP contribution is -2.57. The van der Waals surface area contributed by atoms with Crippen molar-refractivity contribution in [3.63, 3.8) is 0 Å². The van der Waals surface area contributed by atoms with Crippen molar-refractivity contribution in [3.8, 4) is 0 Å². The number of aliphatic hydroxyl groups is 1. The van der Waals surface area contributed by atoms with Crippen LogP contribution in [0.3, 0.4) is 0 Å². The Balaban J connectivity index is 1.28. The van der Waals surface area contributed by atoms with Crippen molar-refractivity contribution >= 4 is 17.5 Å². The van der Waals surface area contributed by atoms with Gasteiger partial charge >= 0.3 is 6.18 Å². The molecule has 2 aliphatic rings. The van der Waals surface area contributed by atoms with Crippen LogP contribution in [-0.4, -0.2) is 73.2 Å². The summed E-state index contributed by atoms with van der Waals surface area (Å²) in [5.74, 6) is -0.431. The number of piperidine rings is 2. The van der Waals surface area contributed by atoms with Gasteiger partial charge in [-0.1, -0.05) is 30.3 Å². The summed E-state index contributed by atoms with van der Waals surface area (Å²) in [5, 5.41) is 10.6. The maximum absolute atomic E-state index is 13.9. The maximum Gasteiger partial charge on any atom is 0.430 e. The molecule has 0 saturated carbocycles. The van der Waals surface area contributed by atoms with Gasteiger partial charge in [0, 0.05) is 57.1 Å². The Morgan fingerprint density at radius 2 is 1.39 bits per heavy atom. The Hall–Kier alpha value is -3.07. The van der Waals surface area contributed by atoms with Gasteiger partial charge in [-0.05, 0) is 68.2 Å². The minimum atomic E-state index is -5.11. The summed E-state index contributed by atoms with van der Waals surface area (Å²) in [6, 6.07) is 14.3. The van der Waals surface area contributed by atoms with Gasteiger partial charge in [-0.2, -0.15) is 13.2 Å². The van der Waals surface area contributed by atoms with Gasteiger partial charge in [-0.25, -0.2) is 0 Å². The molecule has 0 bridgehead atoms. The fourth-order valence-electron chi connectivity index (χ4n) is 5.66. The number of alkyl halides is 3. The molecule has 9 heteroatoms. The van der Waals surface area contributed by atoms with E-state index < -0.39 is 23.2 Å². The molecule has 2 aliphatic heterocycles. The summed E-state index contributed by atoms with van der Waals surface area (Å²) < 4.78 is 41.7. The highest BCUT2D eigenvalue weighted by Gasteiger charge is 2.62. The molecule has 0 aromatic heterocycles. The minimum Gasteiger partial charge on any atom is -0.372 e. The molecule has 6 nitrogen and oxygen atoms in total. The smallest absolute Gasteiger partial charge is 0.372 e. The monoisotopic (exact) mass is 531 g/mol. The Bertz CT molecular complexity index is 1090. The summed E-state index contributed by atoms with van der Waals surface area (Å²) >= 11 is 0. The summed E-state index contributed by atoms with van der Waals surface area (Å²) in [6.45, 7) is 2.26. The van der Waals surface area contributed by atoms with Crippen molar-refractivity contribution < 1.29 is 27.9 Å². The lowest BCUT2D eigenvalue weighted by molar-refractivity contribution is -0.262. The van der Waals surface area contributed by atoms with Gasteiger partial charge in [0.25, 0.3) is 17.4 Å². The number of anilines is 1. The number of hydrogen-bond acceptors (Lipinski definition) is 4. The first-order chi connectivity index (χ1) is 18.0. The van der Waals surface area contributed by atoms with Crippen LogP contribution in [0.1, 0.15) is 48.0 Å². The molecule has 2 saturated heterocycles. The summed E-state index contributed by atoms with van der Waals surface area (Å²) in [4.78, 5) is 30.1. The van der Waals surface area contributed by atoms with Gasteiger partial charge in [0.05, 0.1) is 0 Å². The van der Waals surface area contributed by atoms with E-state index in [0.717, 1.165) is 50.2 Å². The number of nitrogens with zero attached hydrogens (tertiary/aromatic N) is 3. The molecule has 0 radical (unpaired) electrons. The van der Waals surface area contributed by atoms with E-state index in [-0.39, 0.29) is 19.0 Å². The molecule has 0 aliphatic carbocycles. The van der Waals surface area contributed by atoms with Crippen LogP contribution < -0.4 is 4.90 Å². The van der Waals surface area contributed by atoms with E-state index in [2.05, 4.69) is 4.90 Å². The van der Waals surface area contributed by atoms with Crippen molar-refractivity contribution in [2.45, 2.75) is 43.9 Å². The normalized spacial score (nSPS) is 19.2. The van der Waals surface area contributed by atoms with E-state index in [9.17, 15) is 27.9 Å². The van der Waals surface area contributed by atoms with Crippen molar-refractivity contribution in [2.75, 3.05) is 45.2 Å². The highest BCUT2D eigenvalue weighted by Crippen LogP contribution is 2.41. The molecule has 2 amide bonds. The third kappa shape index (κ3) is 5.82. The van der Waals surface area contributed by atoms with Gasteiger partial charge in [0.2, 0.25) is 0 Å². The lowest BCUT2D eigenvalue weighted by atomic mass is 9.82. The molecular weight excluding hydrogens is 495 g/mol. The van der Waals surface area contributed by atoms with E-state index in [1.165, 1.54) is 17.0 Å². The SMILES string of the molecule is CN(C)C(=O)c1ccc(N2CCC(CC3CCN(C(=O)[C@@](O)(c4ccccc4)C(F)(F)F)CC3)CC2)cc1. The number of likely N-dealkylation sites (tertiary alicyclic amines) is 1. The first-order valence-corrected chi connectivity index (χ1v) is 13.2. The van der Waals surface area contributed by atoms with Gasteiger partial charge < -0.3 is 19.8 Å².